The van der Waals surface area contributed by atoms with Crippen molar-refractivity contribution in [3.05, 3.63) is 12.0 Å². The summed E-state index contributed by atoms with van der Waals surface area (Å²) in [6, 6.07) is 0. The molecule has 2 heterocycles. The molecule has 1 aromatic rings. The third-order valence-electron chi connectivity index (χ3n) is 4.26. The van der Waals surface area contributed by atoms with E-state index < -0.39 is 15.6 Å². The van der Waals surface area contributed by atoms with Gasteiger partial charge in [-0.1, -0.05) is 13.8 Å². The molecule has 0 fully saturated rings. The third kappa shape index (κ3) is 2.89. The third-order valence-corrected chi connectivity index (χ3v) is 5.71. The van der Waals surface area contributed by atoms with Crippen LogP contribution in [0.3, 0.4) is 0 Å². The number of sulfonamides is 1. The van der Waals surface area contributed by atoms with Gasteiger partial charge in [0.2, 0.25) is 0 Å². The number of nitrogens with two attached hydrogens (primary N) is 1. The largest absolute Gasteiger partial charge is 0.333 e. The number of rotatable bonds is 6. The second kappa shape index (κ2) is 5.83. The van der Waals surface area contributed by atoms with Crippen LogP contribution in [-0.2, 0) is 23.0 Å². The van der Waals surface area contributed by atoms with Gasteiger partial charge in [0.25, 0.3) is 10.0 Å². The molecule has 0 spiro atoms. The van der Waals surface area contributed by atoms with Crippen molar-refractivity contribution >= 4 is 10.0 Å². The van der Waals surface area contributed by atoms with E-state index in [2.05, 4.69) is 9.71 Å². The summed E-state index contributed by atoms with van der Waals surface area (Å²) in [7, 11) is -3.61. The summed E-state index contributed by atoms with van der Waals surface area (Å²) in [6.07, 6.45) is 5.95. The number of imidazole rings is 1. The zero-order valence-electron chi connectivity index (χ0n) is 12.2. The minimum absolute atomic E-state index is 0.120. The quantitative estimate of drug-likeness (QED) is 0.820. The van der Waals surface area contributed by atoms with Crippen molar-refractivity contribution in [3.63, 3.8) is 0 Å². The molecule has 0 amide bonds. The van der Waals surface area contributed by atoms with Gasteiger partial charge in [-0.15, -0.1) is 0 Å². The van der Waals surface area contributed by atoms with Gasteiger partial charge in [-0.25, -0.2) is 18.1 Å². The summed E-state index contributed by atoms with van der Waals surface area (Å²) in [4.78, 5) is 4.28. The van der Waals surface area contributed by atoms with Crippen molar-refractivity contribution in [2.24, 2.45) is 5.73 Å². The number of nitrogens with one attached hydrogen (secondary N) is 1. The fourth-order valence-electron chi connectivity index (χ4n) is 2.58. The molecule has 20 heavy (non-hydrogen) atoms. The first-order chi connectivity index (χ1) is 9.46. The lowest BCUT2D eigenvalue weighted by molar-refractivity contribution is 0.362. The molecule has 0 saturated carbocycles. The predicted octanol–water partition coefficient (Wildman–Crippen LogP) is 1.02. The van der Waals surface area contributed by atoms with E-state index in [0.717, 1.165) is 31.6 Å². The van der Waals surface area contributed by atoms with E-state index in [-0.39, 0.29) is 11.6 Å². The van der Waals surface area contributed by atoms with Gasteiger partial charge in [-0.05, 0) is 25.7 Å². The van der Waals surface area contributed by atoms with E-state index >= 15 is 0 Å². The SMILES string of the molecule is CCC(CC)(CN)NS(=O)(=O)c1cn2c(n1)CCCC2. The van der Waals surface area contributed by atoms with E-state index in [0.29, 0.717) is 12.8 Å². The highest BCUT2D eigenvalue weighted by atomic mass is 32.2. The fourth-order valence-corrected chi connectivity index (χ4v) is 4.12. The Morgan fingerprint density at radius 2 is 2.10 bits per heavy atom. The van der Waals surface area contributed by atoms with Crippen LogP contribution < -0.4 is 10.5 Å². The summed E-state index contributed by atoms with van der Waals surface area (Å²) in [5.74, 6) is 0.864. The van der Waals surface area contributed by atoms with Crippen molar-refractivity contribution in [3.8, 4) is 0 Å². The van der Waals surface area contributed by atoms with Crippen LogP contribution in [0.25, 0.3) is 0 Å². The number of hydrogen-bond acceptors (Lipinski definition) is 4. The molecule has 0 unspecified atom stereocenters. The Labute approximate surface area is 120 Å². The van der Waals surface area contributed by atoms with Gasteiger partial charge in [0.05, 0.1) is 0 Å². The van der Waals surface area contributed by atoms with E-state index in [1.165, 1.54) is 0 Å². The van der Waals surface area contributed by atoms with Gasteiger partial charge in [0.1, 0.15) is 5.82 Å². The Balaban J connectivity index is 2.28. The Morgan fingerprint density at radius 1 is 1.40 bits per heavy atom. The zero-order valence-corrected chi connectivity index (χ0v) is 13.0. The van der Waals surface area contributed by atoms with Crippen molar-refractivity contribution in [2.45, 2.75) is 63.1 Å². The van der Waals surface area contributed by atoms with E-state index in [1.54, 1.807) is 6.20 Å². The summed E-state index contributed by atoms with van der Waals surface area (Å²) in [6.45, 7) is 5.02. The molecule has 6 nitrogen and oxygen atoms in total. The predicted molar refractivity (Wildman–Crippen MR) is 77.9 cm³/mol. The summed E-state index contributed by atoms with van der Waals surface area (Å²) in [5.41, 5.74) is 5.18. The molecule has 1 aromatic heterocycles. The van der Waals surface area contributed by atoms with Gasteiger partial charge in [-0.2, -0.15) is 0 Å². The highest BCUT2D eigenvalue weighted by Crippen LogP contribution is 2.21. The number of fused-ring (bicyclic) bond motifs is 1. The maximum absolute atomic E-state index is 12.5. The minimum Gasteiger partial charge on any atom is -0.333 e. The van der Waals surface area contributed by atoms with Crippen molar-refractivity contribution in [2.75, 3.05) is 6.54 Å². The van der Waals surface area contributed by atoms with Crippen LogP contribution in [0.15, 0.2) is 11.2 Å². The van der Waals surface area contributed by atoms with Gasteiger partial charge in [-0.3, -0.25) is 0 Å². The summed E-state index contributed by atoms with van der Waals surface area (Å²) < 4.78 is 29.7. The smallest absolute Gasteiger partial charge is 0.260 e. The zero-order chi connectivity index (χ0) is 14.8. The highest BCUT2D eigenvalue weighted by molar-refractivity contribution is 7.89. The standard InChI is InChI=1S/C13H24N4O2S/c1-3-13(4-2,10-14)16-20(18,19)12-9-17-8-6-5-7-11(17)15-12/h9,16H,3-8,10,14H2,1-2H3. The van der Waals surface area contributed by atoms with Gasteiger partial charge in [0, 0.05) is 31.2 Å². The topological polar surface area (TPSA) is 90.0 Å². The molecule has 7 heteroatoms. The maximum Gasteiger partial charge on any atom is 0.260 e. The van der Waals surface area contributed by atoms with Crippen LogP contribution in [0.2, 0.25) is 0 Å². The molecule has 114 valence electrons. The average Bonchev–Trinajstić information content (AvgIpc) is 2.90. The molecule has 0 saturated heterocycles. The van der Waals surface area contributed by atoms with Crippen LogP contribution in [0.1, 0.15) is 45.4 Å². The molecule has 0 aliphatic carbocycles. The van der Waals surface area contributed by atoms with E-state index in [9.17, 15) is 8.42 Å². The molecule has 1 aliphatic heterocycles. The highest BCUT2D eigenvalue weighted by Gasteiger charge is 2.32. The molecule has 1 aliphatic rings. The lowest BCUT2D eigenvalue weighted by Crippen LogP contribution is -2.52. The van der Waals surface area contributed by atoms with Crippen LogP contribution in [0, 0.1) is 0 Å². The lowest BCUT2D eigenvalue weighted by Gasteiger charge is -2.30. The number of aryl methyl sites for hydroxylation is 2. The Morgan fingerprint density at radius 3 is 2.65 bits per heavy atom. The van der Waals surface area contributed by atoms with Crippen molar-refractivity contribution < 1.29 is 8.42 Å². The molecule has 0 atom stereocenters. The van der Waals surface area contributed by atoms with Gasteiger partial charge < -0.3 is 10.3 Å². The number of nitrogens with zero attached hydrogens (tertiary/aromatic N) is 2. The minimum atomic E-state index is -3.61. The molecular formula is C13H24N4O2S. The average molecular weight is 300 g/mol. The molecule has 0 bridgehead atoms. The van der Waals surface area contributed by atoms with Gasteiger partial charge in [0.15, 0.2) is 5.03 Å². The lowest BCUT2D eigenvalue weighted by atomic mass is 9.95. The summed E-state index contributed by atoms with van der Waals surface area (Å²) >= 11 is 0. The van der Waals surface area contributed by atoms with Crippen LogP contribution in [0.5, 0.6) is 0 Å². The number of hydrogen-bond donors (Lipinski definition) is 2. The molecule has 0 aromatic carbocycles. The molecule has 3 N–H and O–H groups in total. The van der Waals surface area contributed by atoms with E-state index in [4.69, 9.17) is 5.73 Å². The van der Waals surface area contributed by atoms with Crippen molar-refractivity contribution in [1.29, 1.82) is 0 Å². The first kappa shape index (κ1) is 15.5. The molecule has 2 rings (SSSR count). The van der Waals surface area contributed by atoms with Crippen LogP contribution in [0.4, 0.5) is 0 Å². The Bertz CT molecular complexity index is 529. The van der Waals surface area contributed by atoms with E-state index in [1.807, 2.05) is 18.4 Å². The summed E-state index contributed by atoms with van der Waals surface area (Å²) in [5, 5.41) is 0.120. The first-order valence-corrected chi connectivity index (χ1v) is 8.75. The Hall–Kier alpha value is -0.920. The first-order valence-electron chi connectivity index (χ1n) is 7.26. The van der Waals surface area contributed by atoms with Crippen LogP contribution >= 0.6 is 0 Å². The number of aromatic nitrogens is 2. The second-order valence-electron chi connectivity index (χ2n) is 5.44. The Kier molecular flexibility index (Phi) is 4.51. The normalized spacial score (nSPS) is 16.1. The van der Waals surface area contributed by atoms with Crippen LogP contribution in [-0.4, -0.2) is 30.1 Å². The van der Waals surface area contributed by atoms with Gasteiger partial charge >= 0.3 is 0 Å². The fraction of sp³-hybridized carbons (Fsp3) is 0.769. The molecular weight excluding hydrogens is 276 g/mol. The second-order valence-corrected chi connectivity index (χ2v) is 7.07. The molecule has 0 radical (unpaired) electrons. The van der Waals surface area contributed by atoms with Crippen molar-refractivity contribution in [1.82, 2.24) is 14.3 Å². The monoisotopic (exact) mass is 300 g/mol. The maximum atomic E-state index is 12.5.